The van der Waals surface area contributed by atoms with Crippen LogP contribution in [-0.4, -0.2) is 41.4 Å². The molecule has 0 aromatic heterocycles. The summed E-state index contributed by atoms with van der Waals surface area (Å²) in [5.74, 6) is -0.143. The molecule has 112 valence electrons. The Morgan fingerprint density at radius 3 is 2.53 bits per heavy atom. The number of rotatable bonds is 4. The first-order valence-electron chi connectivity index (χ1n) is 6.77. The standard InChI is InChI=1S/C13H25N3O2.ClH/c1-9(14)8-12(17)15-11(3)13(18)16-7-5-4-6-10(16)2;/h9-11H,4-8,14H2,1-3H3,(H,15,17);1H. The number of piperidine rings is 1. The average molecular weight is 292 g/mol. The molecule has 5 nitrogen and oxygen atoms in total. The summed E-state index contributed by atoms with van der Waals surface area (Å²) in [4.78, 5) is 25.7. The Hall–Kier alpha value is -0.810. The zero-order valence-electron chi connectivity index (χ0n) is 12.0. The van der Waals surface area contributed by atoms with E-state index in [-0.39, 0.29) is 42.7 Å². The van der Waals surface area contributed by atoms with Gasteiger partial charge in [0.1, 0.15) is 6.04 Å². The third-order valence-electron chi connectivity index (χ3n) is 3.34. The first kappa shape index (κ1) is 18.2. The molecule has 0 aromatic carbocycles. The number of amides is 2. The zero-order valence-corrected chi connectivity index (χ0v) is 12.8. The van der Waals surface area contributed by atoms with Gasteiger partial charge in [0.25, 0.3) is 0 Å². The van der Waals surface area contributed by atoms with E-state index in [0.717, 1.165) is 19.4 Å². The third-order valence-corrected chi connectivity index (χ3v) is 3.34. The predicted octanol–water partition coefficient (Wildman–Crippen LogP) is 1.05. The molecule has 1 aliphatic heterocycles. The van der Waals surface area contributed by atoms with E-state index in [2.05, 4.69) is 12.2 Å². The normalized spacial score (nSPS) is 22.1. The average Bonchev–Trinajstić information content (AvgIpc) is 2.27. The largest absolute Gasteiger partial charge is 0.345 e. The number of nitrogens with zero attached hydrogens (tertiary/aromatic N) is 1. The second-order valence-corrected chi connectivity index (χ2v) is 5.35. The first-order chi connectivity index (χ1) is 8.41. The molecule has 19 heavy (non-hydrogen) atoms. The van der Waals surface area contributed by atoms with Crippen LogP contribution in [0.1, 0.15) is 46.5 Å². The highest BCUT2D eigenvalue weighted by Crippen LogP contribution is 2.17. The Balaban J connectivity index is 0.00000324. The number of likely N-dealkylation sites (tertiary alicyclic amines) is 1. The van der Waals surface area contributed by atoms with E-state index in [1.165, 1.54) is 6.42 Å². The van der Waals surface area contributed by atoms with Gasteiger partial charge in [-0.05, 0) is 40.0 Å². The fraction of sp³-hybridized carbons (Fsp3) is 0.846. The van der Waals surface area contributed by atoms with E-state index in [4.69, 9.17) is 5.73 Å². The van der Waals surface area contributed by atoms with Crippen molar-refractivity contribution in [3.63, 3.8) is 0 Å². The summed E-state index contributed by atoms with van der Waals surface area (Å²) < 4.78 is 0. The van der Waals surface area contributed by atoms with Crippen LogP contribution < -0.4 is 11.1 Å². The van der Waals surface area contributed by atoms with Crippen molar-refractivity contribution in [3.05, 3.63) is 0 Å². The molecule has 0 spiro atoms. The number of hydrogen-bond acceptors (Lipinski definition) is 3. The van der Waals surface area contributed by atoms with Crippen LogP contribution in [0.2, 0.25) is 0 Å². The molecule has 0 saturated carbocycles. The molecular formula is C13H26ClN3O2. The van der Waals surface area contributed by atoms with Crippen LogP contribution in [0.4, 0.5) is 0 Å². The van der Waals surface area contributed by atoms with Crippen molar-refractivity contribution in [2.45, 2.75) is 64.6 Å². The molecule has 1 aliphatic rings. The van der Waals surface area contributed by atoms with Crippen LogP contribution in [-0.2, 0) is 9.59 Å². The van der Waals surface area contributed by atoms with Crippen LogP contribution in [0.5, 0.6) is 0 Å². The van der Waals surface area contributed by atoms with E-state index in [9.17, 15) is 9.59 Å². The van der Waals surface area contributed by atoms with E-state index in [0.29, 0.717) is 0 Å². The Kier molecular flexibility index (Phi) is 8.02. The molecule has 0 aliphatic carbocycles. The fourth-order valence-electron chi connectivity index (χ4n) is 2.33. The molecule has 0 bridgehead atoms. The van der Waals surface area contributed by atoms with Crippen molar-refractivity contribution in [1.29, 1.82) is 0 Å². The molecule has 3 N–H and O–H groups in total. The van der Waals surface area contributed by atoms with Crippen molar-refractivity contribution in [1.82, 2.24) is 10.2 Å². The Labute approximate surface area is 121 Å². The zero-order chi connectivity index (χ0) is 13.7. The lowest BCUT2D eigenvalue weighted by Crippen LogP contribution is -2.51. The van der Waals surface area contributed by atoms with Crippen LogP contribution in [0.3, 0.4) is 0 Å². The van der Waals surface area contributed by atoms with Gasteiger partial charge in [0.05, 0.1) is 0 Å². The fourth-order valence-corrected chi connectivity index (χ4v) is 2.33. The smallest absolute Gasteiger partial charge is 0.245 e. The lowest BCUT2D eigenvalue weighted by molar-refractivity contribution is -0.138. The quantitative estimate of drug-likeness (QED) is 0.813. The van der Waals surface area contributed by atoms with Crippen LogP contribution in [0, 0.1) is 0 Å². The number of nitrogens with one attached hydrogen (secondary N) is 1. The van der Waals surface area contributed by atoms with E-state index >= 15 is 0 Å². The monoisotopic (exact) mass is 291 g/mol. The van der Waals surface area contributed by atoms with Gasteiger partial charge in [-0.2, -0.15) is 0 Å². The topological polar surface area (TPSA) is 75.4 Å². The van der Waals surface area contributed by atoms with Gasteiger partial charge >= 0.3 is 0 Å². The molecule has 2 amide bonds. The second-order valence-electron chi connectivity index (χ2n) is 5.35. The summed E-state index contributed by atoms with van der Waals surface area (Å²) in [5.41, 5.74) is 5.55. The van der Waals surface area contributed by atoms with Crippen LogP contribution in [0.15, 0.2) is 0 Å². The molecule has 0 radical (unpaired) electrons. The summed E-state index contributed by atoms with van der Waals surface area (Å²) >= 11 is 0. The molecule has 3 unspecified atom stereocenters. The number of nitrogens with two attached hydrogens (primary N) is 1. The maximum atomic E-state index is 12.2. The van der Waals surface area contributed by atoms with E-state index in [1.807, 2.05) is 4.90 Å². The second kappa shape index (κ2) is 8.38. The molecule has 1 rings (SSSR count). The number of carbonyl (C=O) groups is 2. The van der Waals surface area contributed by atoms with Crippen molar-refractivity contribution in [2.75, 3.05) is 6.54 Å². The molecule has 1 fully saturated rings. The first-order valence-corrected chi connectivity index (χ1v) is 6.77. The summed E-state index contributed by atoms with van der Waals surface area (Å²) in [7, 11) is 0. The molecule has 1 heterocycles. The Morgan fingerprint density at radius 1 is 1.37 bits per heavy atom. The molecule has 3 atom stereocenters. The SMILES string of the molecule is CC(N)CC(=O)NC(C)C(=O)N1CCCCC1C.Cl. The summed E-state index contributed by atoms with van der Waals surface area (Å²) in [5, 5.41) is 2.72. The molecule has 0 aromatic rings. The van der Waals surface area contributed by atoms with E-state index < -0.39 is 6.04 Å². The lowest BCUT2D eigenvalue weighted by Gasteiger charge is -2.35. The van der Waals surface area contributed by atoms with Gasteiger partial charge in [-0.15, -0.1) is 12.4 Å². The van der Waals surface area contributed by atoms with Crippen molar-refractivity contribution in [3.8, 4) is 0 Å². The van der Waals surface area contributed by atoms with Gasteiger partial charge in [0.2, 0.25) is 11.8 Å². The Morgan fingerprint density at radius 2 is 2.00 bits per heavy atom. The van der Waals surface area contributed by atoms with Gasteiger partial charge in [-0.1, -0.05) is 0 Å². The van der Waals surface area contributed by atoms with Crippen molar-refractivity contribution < 1.29 is 9.59 Å². The van der Waals surface area contributed by atoms with Crippen molar-refractivity contribution >= 4 is 24.2 Å². The minimum absolute atomic E-state index is 0. The number of hydrogen-bond donors (Lipinski definition) is 2. The maximum Gasteiger partial charge on any atom is 0.245 e. The minimum atomic E-state index is -0.461. The van der Waals surface area contributed by atoms with Gasteiger partial charge in [0, 0.05) is 25.0 Å². The highest BCUT2D eigenvalue weighted by atomic mass is 35.5. The Bertz CT molecular complexity index is 310. The number of halogens is 1. The molecule has 1 saturated heterocycles. The highest BCUT2D eigenvalue weighted by molar-refractivity contribution is 5.87. The van der Waals surface area contributed by atoms with Gasteiger partial charge in [0.15, 0.2) is 0 Å². The summed E-state index contributed by atoms with van der Waals surface area (Å²) in [6.45, 7) is 6.38. The van der Waals surface area contributed by atoms with Gasteiger partial charge in [-0.25, -0.2) is 0 Å². The van der Waals surface area contributed by atoms with Crippen LogP contribution >= 0.6 is 12.4 Å². The highest BCUT2D eigenvalue weighted by Gasteiger charge is 2.27. The van der Waals surface area contributed by atoms with Crippen molar-refractivity contribution in [2.24, 2.45) is 5.73 Å². The summed E-state index contributed by atoms with van der Waals surface area (Å²) in [6.07, 6.45) is 3.53. The van der Waals surface area contributed by atoms with Crippen LogP contribution in [0.25, 0.3) is 0 Å². The predicted molar refractivity (Wildman–Crippen MR) is 78.1 cm³/mol. The summed E-state index contributed by atoms with van der Waals surface area (Å²) in [6, 6.07) is -0.364. The molecular weight excluding hydrogens is 266 g/mol. The lowest BCUT2D eigenvalue weighted by atomic mass is 10.0. The van der Waals surface area contributed by atoms with Gasteiger partial charge in [-0.3, -0.25) is 9.59 Å². The number of carbonyl (C=O) groups excluding carboxylic acids is 2. The molecule has 6 heteroatoms. The third kappa shape index (κ3) is 5.78. The maximum absolute atomic E-state index is 12.2. The van der Waals surface area contributed by atoms with Gasteiger partial charge < -0.3 is 16.0 Å². The van der Waals surface area contributed by atoms with E-state index in [1.54, 1.807) is 13.8 Å². The minimum Gasteiger partial charge on any atom is -0.345 e.